The number of rotatable bonds is 6. The van der Waals surface area contributed by atoms with Crippen LogP contribution in [0, 0.1) is 6.92 Å². The van der Waals surface area contributed by atoms with Crippen molar-refractivity contribution in [1.29, 1.82) is 0 Å². The smallest absolute Gasteiger partial charge is 0.292 e. The molecule has 0 bridgehead atoms. The topological polar surface area (TPSA) is 65.5 Å². The monoisotopic (exact) mass is 289 g/mol. The van der Waals surface area contributed by atoms with Gasteiger partial charge in [0.15, 0.2) is 5.76 Å². The number of amides is 1. The molecule has 2 N–H and O–H groups in total. The molecular weight excluding hydrogens is 266 g/mol. The fraction of sp³-hybridized carbons (Fsp3) is 0.500. The number of aliphatic hydroxyl groups is 1. The molecular formula is C16H23N3O2. The fourth-order valence-corrected chi connectivity index (χ4v) is 2.40. The molecule has 0 radical (unpaired) electrons. The SMILES string of the molecule is CCCCCCN1C(=O)C(O)=CNC1c1ccc(C)cn1. The molecule has 2 heterocycles. The highest BCUT2D eigenvalue weighted by molar-refractivity contribution is 5.92. The lowest BCUT2D eigenvalue weighted by Crippen LogP contribution is -2.46. The summed E-state index contributed by atoms with van der Waals surface area (Å²) in [6.07, 6.45) is 7.16. The number of unbranched alkanes of at least 4 members (excludes halogenated alkanes) is 3. The second-order valence-corrected chi connectivity index (χ2v) is 5.42. The molecule has 0 aliphatic carbocycles. The molecule has 1 atom stereocenters. The first-order chi connectivity index (χ1) is 10.1. The molecule has 0 saturated carbocycles. The van der Waals surface area contributed by atoms with Gasteiger partial charge in [0, 0.05) is 18.9 Å². The van der Waals surface area contributed by atoms with Crippen molar-refractivity contribution in [2.24, 2.45) is 0 Å². The minimum atomic E-state index is -0.336. The number of nitrogens with one attached hydrogen (secondary N) is 1. The summed E-state index contributed by atoms with van der Waals surface area (Å²) >= 11 is 0. The average Bonchev–Trinajstić information content (AvgIpc) is 2.49. The van der Waals surface area contributed by atoms with Crippen LogP contribution in [0.1, 0.15) is 50.0 Å². The fourth-order valence-electron chi connectivity index (χ4n) is 2.40. The van der Waals surface area contributed by atoms with E-state index in [4.69, 9.17) is 0 Å². The van der Waals surface area contributed by atoms with Gasteiger partial charge in [0.05, 0.1) is 5.69 Å². The number of pyridine rings is 1. The number of nitrogens with zero attached hydrogens (tertiary/aromatic N) is 2. The molecule has 1 unspecified atom stereocenters. The summed E-state index contributed by atoms with van der Waals surface area (Å²) < 4.78 is 0. The Morgan fingerprint density at radius 1 is 1.33 bits per heavy atom. The summed E-state index contributed by atoms with van der Waals surface area (Å²) in [7, 11) is 0. The molecule has 1 aromatic rings. The predicted molar refractivity (Wildman–Crippen MR) is 81.4 cm³/mol. The lowest BCUT2D eigenvalue weighted by atomic mass is 10.1. The van der Waals surface area contributed by atoms with E-state index in [1.54, 1.807) is 11.1 Å². The first-order valence-electron chi connectivity index (χ1n) is 7.52. The average molecular weight is 289 g/mol. The molecule has 0 saturated heterocycles. The summed E-state index contributed by atoms with van der Waals surface area (Å²) in [6, 6.07) is 3.89. The minimum absolute atomic E-state index is 0.242. The molecule has 0 fully saturated rings. The number of aromatic nitrogens is 1. The molecule has 114 valence electrons. The van der Waals surface area contributed by atoms with Crippen molar-refractivity contribution in [1.82, 2.24) is 15.2 Å². The Morgan fingerprint density at radius 3 is 2.81 bits per heavy atom. The Labute approximate surface area is 125 Å². The van der Waals surface area contributed by atoms with Crippen LogP contribution in [0.3, 0.4) is 0 Å². The van der Waals surface area contributed by atoms with Gasteiger partial charge in [-0.15, -0.1) is 0 Å². The zero-order valence-electron chi connectivity index (χ0n) is 12.7. The summed E-state index contributed by atoms with van der Waals surface area (Å²) in [6.45, 7) is 4.75. The second-order valence-electron chi connectivity index (χ2n) is 5.42. The summed E-state index contributed by atoms with van der Waals surface area (Å²) in [5.74, 6) is -0.577. The van der Waals surface area contributed by atoms with Crippen LogP contribution in [0.15, 0.2) is 30.3 Å². The number of carbonyl (C=O) groups excluding carboxylic acids is 1. The van der Waals surface area contributed by atoms with Crippen LogP contribution in [-0.4, -0.2) is 27.4 Å². The van der Waals surface area contributed by atoms with Crippen LogP contribution in [0.5, 0.6) is 0 Å². The van der Waals surface area contributed by atoms with Gasteiger partial charge in [-0.2, -0.15) is 0 Å². The largest absolute Gasteiger partial charge is 0.502 e. The molecule has 1 aliphatic rings. The molecule has 0 spiro atoms. The molecule has 1 aromatic heterocycles. The zero-order chi connectivity index (χ0) is 15.2. The molecule has 5 heteroatoms. The van der Waals surface area contributed by atoms with Gasteiger partial charge in [-0.3, -0.25) is 9.78 Å². The van der Waals surface area contributed by atoms with Gasteiger partial charge in [0.2, 0.25) is 0 Å². The Bertz CT molecular complexity index is 511. The third-order valence-corrected chi connectivity index (χ3v) is 3.64. The van der Waals surface area contributed by atoms with Crippen molar-refractivity contribution >= 4 is 5.91 Å². The Morgan fingerprint density at radius 2 is 2.14 bits per heavy atom. The molecule has 21 heavy (non-hydrogen) atoms. The van der Waals surface area contributed by atoms with Crippen LogP contribution in [-0.2, 0) is 4.79 Å². The van der Waals surface area contributed by atoms with Crippen LogP contribution >= 0.6 is 0 Å². The summed E-state index contributed by atoms with van der Waals surface area (Å²) in [5, 5.41) is 12.7. The van der Waals surface area contributed by atoms with Gasteiger partial charge in [0.25, 0.3) is 5.91 Å². The number of carbonyl (C=O) groups is 1. The second kappa shape index (κ2) is 7.11. The number of hydrogen-bond acceptors (Lipinski definition) is 4. The van der Waals surface area contributed by atoms with Crippen LogP contribution in [0.2, 0.25) is 0 Å². The van der Waals surface area contributed by atoms with E-state index in [-0.39, 0.29) is 17.8 Å². The highest BCUT2D eigenvalue weighted by Crippen LogP contribution is 2.22. The van der Waals surface area contributed by atoms with E-state index < -0.39 is 0 Å². The molecule has 5 nitrogen and oxygen atoms in total. The number of aliphatic hydroxyl groups excluding tert-OH is 1. The summed E-state index contributed by atoms with van der Waals surface area (Å²) in [4.78, 5) is 18.2. The van der Waals surface area contributed by atoms with Crippen molar-refractivity contribution in [2.75, 3.05) is 6.54 Å². The van der Waals surface area contributed by atoms with E-state index in [1.807, 2.05) is 19.1 Å². The van der Waals surface area contributed by atoms with E-state index in [2.05, 4.69) is 17.2 Å². The zero-order valence-corrected chi connectivity index (χ0v) is 12.7. The van der Waals surface area contributed by atoms with Crippen molar-refractivity contribution in [3.05, 3.63) is 41.5 Å². The van der Waals surface area contributed by atoms with Crippen molar-refractivity contribution in [3.8, 4) is 0 Å². The van der Waals surface area contributed by atoms with E-state index in [9.17, 15) is 9.90 Å². The van der Waals surface area contributed by atoms with E-state index in [0.717, 1.165) is 36.9 Å². The first-order valence-corrected chi connectivity index (χ1v) is 7.52. The maximum absolute atomic E-state index is 12.2. The third-order valence-electron chi connectivity index (χ3n) is 3.64. The predicted octanol–water partition coefficient (Wildman–Crippen LogP) is 2.80. The maximum Gasteiger partial charge on any atom is 0.292 e. The maximum atomic E-state index is 12.2. The third kappa shape index (κ3) is 3.74. The van der Waals surface area contributed by atoms with Crippen molar-refractivity contribution in [2.45, 2.75) is 45.7 Å². The molecule has 1 amide bonds. The van der Waals surface area contributed by atoms with Gasteiger partial charge < -0.3 is 15.3 Å². The number of aryl methyl sites for hydroxylation is 1. The van der Waals surface area contributed by atoms with Crippen molar-refractivity contribution < 1.29 is 9.90 Å². The van der Waals surface area contributed by atoms with Gasteiger partial charge in [0.1, 0.15) is 6.17 Å². The standard InChI is InChI=1S/C16H23N3O2/c1-3-4-5-6-9-19-15(18-11-14(20)16(19)21)13-8-7-12(2)10-17-13/h7-8,10-11,15,18,20H,3-6,9H2,1-2H3. The normalized spacial score (nSPS) is 18.4. The summed E-state index contributed by atoms with van der Waals surface area (Å²) in [5.41, 5.74) is 1.86. The lowest BCUT2D eigenvalue weighted by Gasteiger charge is -2.34. The highest BCUT2D eigenvalue weighted by atomic mass is 16.3. The molecule has 1 aliphatic heterocycles. The minimum Gasteiger partial charge on any atom is -0.502 e. The van der Waals surface area contributed by atoms with Crippen LogP contribution in [0.25, 0.3) is 0 Å². The van der Waals surface area contributed by atoms with Gasteiger partial charge >= 0.3 is 0 Å². The quantitative estimate of drug-likeness (QED) is 0.790. The Balaban J connectivity index is 2.12. The Hall–Kier alpha value is -2.04. The molecule has 2 rings (SSSR count). The first kappa shape index (κ1) is 15.4. The van der Waals surface area contributed by atoms with Crippen LogP contribution in [0.4, 0.5) is 0 Å². The lowest BCUT2D eigenvalue weighted by molar-refractivity contribution is -0.134. The van der Waals surface area contributed by atoms with Gasteiger partial charge in [-0.25, -0.2) is 0 Å². The Kier molecular flexibility index (Phi) is 5.20. The van der Waals surface area contributed by atoms with Crippen molar-refractivity contribution in [3.63, 3.8) is 0 Å². The van der Waals surface area contributed by atoms with Crippen LogP contribution < -0.4 is 5.32 Å². The van der Waals surface area contributed by atoms with E-state index in [0.29, 0.717) is 6.54 Å². The van der Waals surface area contributed by atoms with E-state index >= 15 is 0 Å². The molecule has 0 aromatic carbocycles. The van der Waals surface area contributed by atoms with Gasteiger partial charge in [-0.1, -0.05) is 32.3 Å². The van der Waals surface area contributed by atoms with E-state index in [1.165, 1.54) is 6.20 Å². The van der Waals surface area contributed by atoms with Gasteiger partial charge in [-0.05, 0) is 25.0 Å². The highest BCUT2D eigenvalue weighted by Gasteiger charge is 2.31. The number of hydrogen-bond donors (Lipinski definition) is 2.